The van der Waals surface area contributed by atoms with E-state index in [0.717, 1.165) is 43.9 Å². The number of nitrogens with one attached hydrogen (secondary N) is 1. The van der Waals surface area contributed by atoms with Gasteiger partial charge in [-0.3, -0.25) is 0 Å². The van der Waals surface area contributed by atoms with Crippen LogP contribution in [0.1, 0.15) is 43.9 Å². The highest BCUT2D eigenvalue weighted by Gasteiger charge is 2.42. The Bertz CT molecular complexity index is 621. The van der Waals surface area contributed by atoms with Crippen molar-refractivity contribution >= 4 is 9.84 Å². The van der Waals surface area contributed by atoms with E-state index in [1.54, 1.807) is 0 Å². The van der Waals surface area contributed by atoms with Gasteiger partial charge in [-0.15, -0.1) is 0 Å². The van der Waals surface area contributed by atoms with Crippen LogP contribution in [-0.4, -0.2) is 36.0 Å². The van der Waals surface area contributed by atoms with Crippen molar-refractivity contribution in [1.29, 1.82) is 0 Å². The first-order chi connectivity index (χ1) is 9.45. The van der Waals surface area contributed by atoms with Crippen molar-refractivity contribution in [2.45, 2.75) is 51.6 Å². The first kappa shape index (κ1) is 14.1. The molecule has 1 saturated heterocycles. The number of aryl methyl sites for hydroxylation is 1. The largest absolute Gasteiger partial charge is 0.325 e. The molecular formula is C14H23N3O2S. The number of fused-ring (bicyclic) bond motifs is 1. The van der Waals surface area contributed by atoms with Gasteiger partial charge in [-0.1, -0.05) is 6.92 Å². The van der Waals surface area contributed by atoms with Gasteiger partial charge in [0.2, 0.25) is 0 Å². The van der Waals surface area contributed by atoms with Gasteiger partial charge in [-0.05, 0) is 19.8 Å². The van der Waals surface area contributed by atoms with E-state index in [4.69, 9.17) is 4.98 Å². The minimum absolute atomic E-state index is 0.257. The Morgan fingerprint density at radius 3 is 2.90 bits per heavy atom. The fourth-order valence-electron chi connectivity index (χ4n) is 3.56. The van der Waals surface area contributed by atoms with Crippen molar-refractivity contribution in [3.63, 3.8) is 0 Å². The Morgan fingerprint density at radius 1 is 1.45 bits per heavy atom. The Balaban J connectivity index is 2.09. The molecule has 1 N–H and O–H groups in total. The van der Waals surface area contributed by atoms with E-state index in [9.17, 15) is 8.42 Å². The Kier molecular flexibility index (Phi) is 3.41. The second-order valence-electron chi connectivity index (χ2n) is 6.27. The topological polar surface area (TPSA) is 64.0 Å². The summed E-state index contributed by atoms with van der Waals surface area (Å²) in [7, 11) is -2.90. The van der Waals surface area contributed by atoms with Crippen molar-refractivity contribution in [2.24, 2.45) is 0 Å². The van der Waals surface area contributed by atoms with Crippen molar-refractivity contribution in [3.8, 4) is 0 Å². The lowest BCUT2D eigenvalue weighted by Gasteiger charge is -2.30. The summed E-state index contributed by atoms with van der Waals surface area (Å²) in [4.78, 5) is 4.78. The first-order valence-corrected chi connectivity index (χ1v) is 9.28. The summed E-state index contributed by atoms with van der Waals surface area (Å²) in [5.41, 5.74) is 2.07. The van der Waals surface area contributed by atoms with Crippen LogP contribution in [0, 0.1) is 0 Å². The van der Waals surface area contributed by atoms with Gasteiger partial charge >= 0.3 is 0 Å². The molecule has 0 saturated carbocycles. The molecule has 1 aromatic heterocycles. The molecule has 0 spiro atoms. The van der Waals surface area contributed by atoms with E-state index in [0.29, 0.717) is 12.2 Å². The van der Waals surface area contributed by atoms with E-state index in [2.05, 4.69) is 23.7 Å². The molecule has 0 aliphatic carbocycles. The zero-order valence-electron chi connectivity index (χ0n) is 12.3. The van der Waals surface area contributed by atoms with Crippen molar-refractivity contribution < 1.29 is 8.42 Å². The summed E-state index contributed by atoms with van der Waals surface area (Å²) in [6.45, 7) is 5.99. The molecule has 0 aromatic carbocycles. The van der Waals surface area contributed by atoms with E-state index in [1.165, 1.54) is 5.69 Å². The summed E-state index contributed by atoms with van der Waals surface area (Å²) in [5, 5.41) is 3.35. The monoisotopic (exact) mass is 297 g/mol. The Morgan fingerprint density at radius 2 is 2.25 bits per heavy atom. The molecule has 2 aliphatic heterocycles. The highest BCUT2D eigenvalue weighted by molar-refractivity contribution is 7.91. The molecular weight excluding hydrogens is 274 g/mol. The van der Waals surface area contributed by atoms with Gasteiger partial charge in [0.15, 0.2) is 9.84 Å². The maximum Gasteiger partial charge on any atom is 0.152 e. The van der Waals surface area contributed by atoms with Crippen LogP contribution in [0.5, 0.6) is 0 Å². The van der Waals surface area contributed by atoms with Crippen LogP contribution in [0.25, 0.3) is 0 Å². The van der Waals surface area contributed by atoms with Crippen LogP contribution in [0.4, 0.5) is 0 Å². The zero-order chi connectivity index (χ0) is 14.4. The fourth-order valence-corrected chi connectivity index (χ4v) is 5.68. The number of nitrogens with zero attached hydrogens (tertiary/aromatic N) is 2. The van der Waals surface area contributed by atoms with Crippen LogP contribution in [0.15, 0.2) is 0 Å². The predicted molar refractivity (Wildman–Crippen MR) is 78.6 cm³/mol. The second-order valence-corrected chi connectivity index (χ2v) is 8.46. The standard InChI is InChI=1S/C14H23N3O2S/c1-3-4-13-16-11-9-15-7-5-12(11)17(13)14(2)6-8-20(18,19)10-14/h15H,3-10H2,1-2H3. The molecule has 6 heteroatoms. The normalized spacial score (nSPS) is 28.5. The molecule has 1 aromatic rings. The van der Waals surface area contributed by atoms with Crippen molar-refractivity contribution in [3.05, 3.63) is 17.2 Å². The molecule has 0 bridgehead atoms. The number of aromatic nitrogens is 2. The summed E-state index contributed by atoms with van der Waals surface area (Å²) in [5.74, 6) is 1.63. The maximum atomic E-state index is 11.9. The molecule has 2 aliphatic rings. The molecule has 20 heavy (non-hydrogen) atoms. The average molecular weight is 297 g/mol. The van der Waals surface area contributed by atoms with Gasteiger partial charge in [0.25, 0.3) is 0 Å². The molecule has 3 rings (SSSR count). The molecule has 0 amide bonds. The zero-order valence-corrected chi connectivity index (χ0v) is 13.1. The van der Waals surface area contributed by atoms with E-state index in [-0.39, 0.29) is 11.3 Å². The van der Waals surface area contributed by atoms with Crippen LogP contribution in [0.2, 0.25) is 0 Å². The third-order valence-corrected chi connectivity index (χ3v) is 6.34. The van der Waals surface area contributed by atoms with Crippen molar-refractivity contribution in [1.82, 2.24) is 14.9 Å². The Hall–Kier alpha value is -0.880. The number of rotatable bonds is 3. The predicted octanol–water partition coefficient (Wildman–Crippen LogP) is 1.01. The van der Waals surface area contributed by atoms with Crippen LogP contribution in [-0.2, 0) is 34.8 Å². The minimum Gasteiger partial charge on any atom is -0.325 e. The maximum absolute atomic E-state index is 11.9. The molecule has 5 nitrogen and oxygen atoms in total. The summed E-state index contributed by atoms with van der Waals surface area (Å²) in [6, 6.07) is 0. The van der Waals surface area contributed by atoms with Crippen LogP contribution >= 0.6 is 0 Å². The van der Waals surface area contributed by atoms with Gasteiger partial charge < -0.3 is 9.88 Å². The Labute approximate surface area is 120 Å². The highest BCUT2D eigenvalue weighted by Crippen LogP contribution is 2.35. The van der Waals surface area contributed by atoms with Gasteiger partial charge in [0.1, 0.15) is 5.82 Å². The lowest BCUT2D eigenvalue weighted by Crippen LogP contribution is -2.36. The molecule has 112 valence electrons. The third-order valence-electron chi connectivity index (χ3n) is 4.45. The molecule has 1 unspecified atom stereocenters. The van der Waals surface area contributed by atoms with Gasteiger partial charge in [-0.25, -0.2) is 13.4 Å². The van der Waals surface area contributed by atoms with Crippen molar-refractivity contribution in [2.75, 3.05) is 18.1 Å². The van der Waals surface area contributed by atoms with Gasteiger partial charge in [-0.2, -0.15) is 0 Å². The summed E-state index contributed by atoms with van der Waals surface area (Å²) >= 11 is 0. The number of imidazole rings is 1. The lowest BCUT2D eigenvalue weighted by molar-refractivity contribution is 0.339. The summed E-state index contributed by atoms with van der Waals surface area (Å²) < 4.78 is 26.1. The first-order valence-electron chi connectivity index (χ1n) is 7.46. The van der Waals surface area contributed by atoms with E-state index < -0.39 is 9.84 Å². The molecule has 3 heterocycles. The van der Waals surface area contributed by atoms with E-state index >= 15 is 0 Å². The number of hydrogen-bond donors (Lipinski definition) is 1. The summed E-state index contributed by atoms with van der Waals surface area (Å²) in [6.07, 6.45) is 3.61. The molecule has 1 fully saturated rings. The number of hydrogen-bond acceptors (Lipinski definition) is 4. The molecule has 1 atom stereocenters. The minimum atomic E-state index is -2.90. The van der Waals surface area contributed by atoms with Gasteiger partial charge in [0.05, 0.1) is 22.7 Å². The quantitative estimate of drug-likeness (QED) is 0.904. The number of sulfone groups is 1. The molecule has 0 radical (unpaired) electrons. The van der Waals surface area contributed by atoms with Crippen LogP contribution in [0.3, 0.4) is 0 Å². The SMILES string of the molecule is CCCc1nc2c(n1C1(C)CCS(=O)(=O)C1)CCNC2. The van der Waals surface area contributed by atoms with Crippen LogP contribution < -0.4 is 5.32 Å². The third kappa shape index (κ3) is 2.29. The second kappa shape index (κ2) is 4.84. The highest BCUT2D eigenvalue weighted by atomic mass is 32.2. The fraction of sp³-hybridized carbons (Fsp3) is 0.786. The van der Waals surface area contributed by atoms with Gasteiger partial charge in [0, 0.05) is 31.6 Å². The smallest absolute Gasteiger partial charge is 0.152 e. The lowest BCUT2D eigenvalue weighted by atomic mass is 9.99. The van der Waals surface area contributed by atoms with E-state index in [1.807, 2.05) is 0 Å². The average Bonchev–Trinajstić information content (AvgIpc) is 2.88.